The molecule has 1 aliphatic heterocycles. The summed E-state index contributed by atoms with van der Waals surface area (Å²) in [5, 5.41) is 7.15. The lowest BCUT2D eigenvalue weighted by molar-refractivity contribution is 0.216. The van der Waals surface area contributed by atoms with Crippen LogP contribution in [0.3, 0.4) is 0 Å². The molecule has 2 rings (SSSR count). The van der Waals surface area contributed by atoms with E-state index in [9.17, 15) is 8.42 Å². The first-order valence-corrected chi connectivity index (χ1v) is 11.4. The summed E-state index contributed by atoms with van der Waals surface area (Å²) in [6, 6.07) is 1.03. The Hall–Kier alpha value is -0.820. The van der Waals surface area contributed by atoms with Gasteiger partial charge in [-0.25, -0.2) is 8.42 Å². The molecule has 2 unspecified atom stereocenters. The van der Waals surface area contributed by atoms with Crippen LogP contribution in [0.1, 0.15) is 46.0 Å². The molecule has 1 aliphatic carbocycles. The van der Waals surface area contributed by atoms with E-state index in [0.29, 0.717) is 18.6 Å². The van der Waals surface area contributed by atoms with E-state index in [1.54, 1.807) is 0 Å². The van der Waals surface area contributed by atoms with E-state index in [0.717, 1.165) is 44.4 Å². The summed E-state index contributed by atoms with van der Waals surface area (Å²) in [5.41, 5.74) is 0. The number of hydrogen-bond acceptors (Lipinski definition) is 4. The molecule has 7 heteroatoms. The highest BCUT2D eigenvalue weighted by Gasteiger charge is 2.36. The molecule has 0 spiro atoms. The fourth-order valence-electron chi connectivity index (χ4n) is 3.37. The van der Waals surface area contributed by atoms with Crippen molar-refractivity contribution in [2.45, 2.75) is 58.0 Å². The third kappa shape index (κ3) is 6.97. The Morgan fingerprint density at radius 1 is 1.21 bits per heavy atom. The van der Waals surface area contributed by atoms with Crippen LogP contribution in [-0.2, 0) is 9.84 Å². The van der Waals surface area contributed by atoms with Crippen molar-refractivity contribution in [1.29, 1.82) is 0 Å². The summed E-state index contributed by atoms with van der Waals surface area (Å²) in [6.07, 6.45) is 7.21. The molecule has 0 bridgehead atoms. The number of rotatable bonds is 8. The summed E-state index contributed by atoms with van der Waals surface area (Å²) in [4.78, 5) is 6.83. The number of nitrogens with one attached hydrogen (secondary N) is 2. The Morgan fingerprint density at radius 3 is 2.50 bits per heavy atom. The van der Waals surface area contributed by atoms with Gasteiger partial charge in [0.15, 0.2) is 5.96 Å². The molecule has 140 valence electrons. The fraction of sp³-hybridized carbons (Fsp3) is 0.941. The average molecular weight is 359 g/mol. The quantitative estimate of drug-likeness (QED) is 0.504. The van der Waals surface area contributed by atoms with E-state index in [2.05, 4.69) is 34.4 Å². The smallest absolute Gasteiger partial charge is 0.191 e. The van der Waals surface area contributed by atoms with Gasteiger partial charge >= 0.3 is 0 Å². The molecule has 1 saturated carbocycles. The molecule has 6 nitrogen and oxygen atoms in total. The Kier molecular flexibility index (Phi) is 7.34. The minimum atomic E-state index is -2.87. The standard InChI is InChI=1S/C17H34N4O2S/c1-4-6-14-13-16(14)20-17(18-5-2)19-15-7-9-21(10-8-15)11-12-24(3,22)23/h14-16H,4-13H2,1-3H3,(H2,18,19,20). The molecular weight excluding hydrogens is 324 g/mol. The van der Waals surface area contributed by atoms with Gasteiger partial charge in [0.1, 0.15) is 9.84 Å². The van der Waals surface area contributed by atoms with Gasteiger partial charge in [-0.05, 0) is 38.5 Å². The molecule has 2 atom stereocenters. The van der Waals surface area contributed by atoms with E-state index in [1.807, 2.05) is 0 Å². The normalized spacial score (nSPS) is 26.4. The SMILES string of the molecule is CCCC1CC1NC(=NCC)NC1CCN(CCS(C)(=O)=O)CC1. The average Bonchev–Trinajstić information content (AvgIpc) is 3.24. The molecule has 0 amide bonds. The molecule has 0 aromatic heterocycles. The maximum atomic E-state index is 11.3. The third-order valence-electron chi connectivity index (χ3n) is 4.93. The van der Waals surface area contributed by atoms with Crippen LogP contribution in [-0.4, -0.2) is 69.5 Å². The molecule has 0 aromatic rings. The van der Waals surface area contributed by atoms with Crippen LogP contribution in [0.4, 0.5) is 0 Å². The number of guanidine groups is 1. The van der Waals surface area contributed by atoms with Gasteiger partial charge in [0.05, 0.1) is 5.75 Å². The molecule has 2 N–H and O–H groups in total. The van der Waals surface area contributed by atoms with Crippen molar-refractivity contribution < 1.29 is 8.42 Å². The maximum Gasteiger partial charge on any atom is 0.191 e. The number of piperidine rings is 1. The Balaban J connectivity index is 1.71. The maximum absolute atomic E-state index is 11.3. The fourth-order valence-corrected chi connectivity index (χ4v) is 3.96. The Morgan fingerprint density at radius 2 is 1.92 bits per heavy atom. The summed E-state index contributed by atoms with van der Waals surface area (Å²) in [7, 11) is -2.87. The first-order valence-electron chi connectivity index (χ1n) is 9.38. The van der Waals surface area contributed by atoms with Crippen LogP contribution in [0, 0.1) is 5.92 Å². The van der Waals surface area contributed by atoms with Crippen LogP contribution in [0.2, 0.25) is 0 Å². The van der Waals surface area contributed by atoms with Crippen molar-refractivity contribution in [2.75, 3.05) is 38.2 Å². The number of hydrogen-bond donors (Lipinski definition) is 2. The van der Waals surface area contributed by atoms with Crippen molar-refractivity contribution in [3.63, 3.8) is 0 Å². The molecule has 2 aliphatic rings. The first kappa shape index (κ1) is 19.5. The highest BCUT2D eigenvalue weighted by molar-refractivity contribution is 7.90. The van der Waals surface area contributed by atoms with Crippen LogP contribution in [0.15, 0.2) is 4.99 Å². The van der Waals surface area contributed by atoms with Crippen LogP contribution in [0.25, 0.3) is 0 Å². The van der Waals surface area contributed by atoms with Crippen LogP contribution >= 0.6 is 0 Å². The van der Waals surface area contributed by atoms with E-state index in [-0.39, 0.29) is 5.75 Å². The highest BCUT2D eigenvalue weighted by Crippen LogP contribution is 2.34. The van der Waals surface area contributed by atoms with E-state index < -0.39 is 9.84 Å². The second-order valence-corrected chi connectivity index (χ2v) is 9.51. The minimum Gasteiger partial charge on any atom is -0.354 e. The van der Waals surface area contributed by atoms with Gasteiger partial charge in [-0.2, -0.15) is 0 Å². The summed E-state index contributed by atoms with van der Waals surface area (Å²) < 4.78 is 22.5. The van der Waals surface area contributed by atoms with Crippen LogP contribution < -0.4 is 10.6 Å². The number of likely N-dealkylation sites (tertiary alicyclic amines) is 1. The van der Waals surface area contributed by atoms with Gasteiger partial charge in [0.25, 0.3) is 0 Å². The van der Waals surface area contributed by atoms with Crippen molar-refractivity contribution >= 4 is 15.8 Å². The van der Waals surface area contributed by atoms with Gasteiger partial charge in [0.2, 0.25) is 0 Å². The summed E-state index contributed by atoms with van der Waals surface area (Å²) in [6.45, 7) is 7.65. The first-order chi connectivity index (χ1) is 11.4. The molecule has 1 heterocycles. The van der Waals surface area contributed by atoms with Gasteiger partial charge in [-0.1, -0.05) is 13.3 Å². The predicted molar refractivity (Wildman–Crippen MR) is 100 cm³/mol. The van der Waals surface area contributed by atoms with Gasteiger partial charge < -0.3 is 15.5 Å². The molecule has 1 saturated heterocycles. The second-order valence-electron chi connectivity index (χ2n) is 7.25. The van der Waals surface area contributed by atoms with E-state index in [1.165, 1.54) is 25.5 Å². The molecular formula is C17H34N4O2S. The van der Waals surface area contributed by atoms with Crippen molar-refractivity contribution in [2.24, 2.45) is 10.9 Å². The highest BCUT2D eigenvalue weighted by atomic mass is 32.2. The second kappa shape index (κ2) is 9.04. The molecule has 2 fully saturated rings. The lowest BCUT2D eigenvalue weighted by atomic mass is 10.1. The topological polar surface area (TPSA) is 73.8 Å². The Labute approximate surface area is 147 Å². The minimum absolute atomic E-state index is 0.260. The molecule has 0 aromatic carbocycles. The van der Waals surface area contributed by atoms with Crippen molar-refractivity contribution in [3.8, 4) is 0 Å². The summed E-state index contributed by atoms with van der Waals surface area (Å²) in [5.74, 6) is 2.03. The third-order valence-corrected chi connectivity index (χ3v) is 5.85. The zero-order valence-corrected chi connectivity index (χ0v) is 16.2. The number of sulfone groups is 1. The molecule has 0 radical (unpaired) electrons. The molecule has 24 heavy (non-hydrogen) atoms. The number of nitrogens with zero attached hydrogens (tertiary/aromatic N) is 2. The van der Waals surface area contributed by atoms with Crippen molar-refractivity contribution in [3.05, 3.63) is 0 Å². The largest absolute Gasteiger partial charge is 0.354 e. The zero-order valence-electron chi connectivity index (χ0n) is 15.4. The van der Waals surface area contributed by atoms with Gasteiger partial charge in [-0.3, -0.25) is 4.99 Å². The van der Waals surface area contributed by atoms with Crippen LogP contribution in [0.5, 0.6) is 0 Å². The zero-order chi connectivity index (χ0) is 17.6. The van der Waals surface area contributed by atoms with Gasteiger partial charge in [-0.15, -0.1) is 0 Å². The van der Waals surface area contributed by atoms with E-state index >= 15 is 0 Å². The number of aliphatic imine (C=N–C) groups is 1. The van der Waals surface area contributed by atoms with Gasteiger partial charge in [0, 0.05) is 44.5 Å². The van der Waals surface area contributed by atoms with E-state index in [4.69, 9.17) is 0 Å². The Bertz CT molecular complexity index is 513. The summed E-state index contributed by atoms with van der Waals surface area (Å²) >= 11 is 0. The monoisotopic (exact) mass is 358 g/mol. The lowest BCUT2D eigenvalue weighted by Crippen LogP contribution is -2.49. The van der Waals surface area contributed by atoms with Crippen molar-refractivity contribution in [1.82, 2.24) is 15.5 Å². The lowest BCUT2D eigenvalue weighted by Gasteiger charge is -2.33. The predicted octanol–water partition coefficient (Wildman–Crippen LogP) is 1.24.